The molecular weight excluding hydrogens is 235 g/mol. The average molecular weight is 248 g/mol. The van der Waals surface area contributed by atoms with E-state index in [0.29, 0.717) is 0 Å². The molecule has 0 aromatic heterocycles. The Morgan fingerprint density at radius 3 is 2.82 bits per heavy atom. The Bertz CT molecular complexity index is 352. The van der Waals surface area contributed by atoms with Crippen LogP contribution in [-0.2, 0) is 9.53 Å². The van der Waals surface area contributed by atoms with Crippen LogP contribution in [0, 0.1) is 0 Å². The van der Waals surface area contributed by atoms with Gasteiger partial charge in [0.2, 0.25) is 5.91 Å². The van der Waals surface area contributed by atoms with E-state index in [1.54, 1.807) is 0 Å². The number of amides is 1. The van der Waals surface area contributed by atoms with E-state index in [1.165, 1.54) is 17.2 Å². The van der Waals surface area contributed by atoms with Crippen molar-refractivity contribution in [2.75, 3.05) is 13.3 Å². The van der Waals surface area contributed by atoms with E-state index < -0.39 is 30.9 Å². The van der Waals surface area contributed by atoms with E-state index in [2.05, 4.69) is 5.32 Å². The van der Waals surface area contributed by atoms with Crippen molar-refractivity contribution in [3.63, 3.8) is 0 Å². The van der Waals surface area contributed by atoms with Gasteiger partial charge in [-0.3, -0.25) is 4.79 Å². The molecule has 1 saturated heterocycles. The second-order valence-corrected chi connectivity index (χ2v) is 3.92. The van der Waals surface area contributed by atoms with Gasteiger partial charge in [-0.1, -0.05) is 0 Å². The fourth-order valence-corrected chi connectivity index (χ4v) is 1.76. The van der Waals surface area contributed by atoms with Crippen LogP contribution in [0.3, 0.4) is 0 Å². The van der Waals surface area contributed by atoms with Crippen molar-refractivity contribution in [3.8, 4) is 0 Å². The number of aliphatic hydroxyl groups excluding tert-OH is 3. The predicted molar refractivity (Wildman–Crippen MR) is 51.8 cm³/mol. The van der Waals surface area contributed by atoms with Gasteiger partial charge < -0.3 is 30.3 Å². The first-order valence-corrected chi connectivity index (χ1v) is 5.03. The topological polar surface area (TPSA) is 102 Å². The number of carbonyl (C=O) groups excluding carboxylic acids is 1. The first-order chi connectivity index (χ1) is 7.98. The van der Waals surface area contributed by atoms with Crippen LogP contribution < -0.4 is 5.32 Å². The number of nitrogens with one attached hydrogen (secondary N) is 1. The maximum Gasteiger partial charge on any atom is 0.263 e. The molecule has 96 valence electrons. The zero-order valence-electron chi connectivity index (χ0n) is 8.78. The van der Waals surface area contributed by atoms with Crippen LogP contribution in [0.25, 0.3) is 0 Å². The Balaban J connectivity index is 2.13. The number of alkyl halides is 1. The highest BCUT2D eigenvalue weighted by Gasteiger charge is 2.56. The lowest BCUT2D eigenvalue weighted by Crippen LogP contribution is -2.48. The molecule has 4 atom stereocenters. The summed E-state index contributed by atoms with van der Waals surface area (Å²) in [6, 6.07) is 0. The average Bonchev–Trinajstić information content (AvgIpc) is 2.56. The number of rotatable bonds is 2. The van der Waals surface area contributed by atoms with E-state index in [9.17, 15) is 19.4 Å². The molecule has 0 radical (unpaired) electrons. The summed E-state index contributed by atoms with van der Waals surface area (Å²) in [5, 5.41) is 30.3. The molecule has 2 aliphatic heterocycles. The van der Waals surface area contributed by atoms with Gasteiger partial charge in [0.1, 0.15) is 18.8 Å². The summed E-state index contributed by atoms with van der Waals surface area (Å²) in [6.07, 6.45) is -2.03. The van der Waals surface area contributed by atoms with E-state index >= 15 is 0 Å². The maximum absolute atomic E-state index is 13.7. The summed E-state index contributed by atoms with van der Waals surface area (Å²) < 4.78 is 18.6. The molecule has 8 heteroatoms. The van der Waals surface area contributed by atoms with Crippen LogP contribution >= 0.6 is 0 Å². The quantitative estimate of drug-likeness (QED) is 0.435. The molecule has 0 spiro atoms. The first kappa shape index (κ1) is 12.2. The van der Waals surface area contributed by atoms with E-state index in [0.717, 1.165) is 0 Å². The standard InChI is InChI=1S/C9H13FN2O5/c10-9(3-13)7(16)6(15)8(17-9)12-2-1-5(14)11-4-12/h1-2,6-8,13,15-16H,3-4H2,(H,11,14)/t6-,7+,8-,9-/m1/s1. The third kappa shape index (κ3) is 2.00. The summed E-state index contributed by atoms with van der Waals surface area (Å²) in [5.41, 5.74) is 0. The zero-order valence-corrected chi connectivity index (χ0v) is 8.78. The number of hydrogen-bond donors (Lipinski definition) is 4. The molecule has 0 bridgehead atoms. The molecule has 0 aliphatic carbocycles. The first-order valence-electron chi connectivity index (χ1n) is 5.03. The number of halogens is 1. The molecule has 0 unspecified atom stereocenters. The molecule has 0 saturated carbocycles. The van der Waals surface area contributed by atoms with Gasteiger partial charge in [0.25, 0.3) is 5.85 Å². The highest BCUT2D eigenvalue weighted by Crippen LogP contribution is 2.34. The van der Waals surface area contributed by atoms with Crippen LogP contribution in [0.15, 0.2) is 12.3 Å². The maximum atomic E-state index is 13.7. The van der Waals surface area contributed by atoms with E-state index in [1.807, 2.05) is 0 Å². The van der Waals surface area contributed by atoms with Crippen LogP contribution in [0.2, 0.25) is 0 Å². The molecule has 2 heterocycles. The monoisotopic (exact) mass is 248 g/mol. The Morgan fingerprint density at radius 2 is 2.35 bits per heavy atom. The smallest absolute Gasteiger partial charge is 0.263 e. The second-order valence-electron chi connectivity index (χ2n) is 3.92. The lowest BCUT2D eigenvalue weighted by atomic mass is 10.1. The minimum absolute atomic E-state index is 0.0191. The van der Waals surface area contributed by atoms with Gasteiger partial charge >= 0.3 is 0 Å². The molecule has 1 amide bonds. The molecule has 0 aromatic rings. The van der Waals surface area contributed by atoms with Crippen molar-refractivity contribution >= 4 is 5.91 Å². The Kier molecular flexibility index (Phi) is 3.04. The van der Waals surface area contributed by atoms with Gasteiger partial charge in [-0.2, -0.15) is 0 Å². The summed E-state index contributed by atoms with van der Waals surface area (Å²) >= 11 is 0. The molecular formula is C9H13FN2O5. The van der Waals surface area contributed by atoms with Crippen molar-refractivity contribution in [1.82, 2.24) is 10.2 Å². The largest absolute Gasteiger partial charge is 0.390 e. The van der Waals surface area contributed by atoms with E-state index in [4.69, 9.17) is 9.84 Å². The molecule has 2 aliphatic rings. The molecule has 4 N–H and O–H groups in total. The summed E-state index contributed by atoms with van der Waals surface area (Å²) in [5.74, 6) is -3.01. The van der Waals surface area contributed by atoms with Crippen LogP contribution in [0.4, 0.5) is 4.39 Å². The lowest BCUT2D eigenvalue weighted by molar-refractivity contribution is -0.212. The Hall–Kier alpha value is -1.22. The van der Waals surface area contributed by atoms with Gasteiger partial charge in [-0.15, -0.1) is 0 Å². The fourth-order valence-electron chi connectivity index (χ4n) is 1.76. The van der Waals surface area contributed by atoms with Crippen molar-refractivity contribution in [2.24, 2.45) is 0 Å². The third-order valence-electron chi connectivity index (χ3n) is 2.77. The minimum atomic E-state index is -2.70. The van der Waals surface area contributed by atoms with Crippen LogP contribution in [-0.4, -0.2) is 63.7 Å². The van der Waals surface area contributed by atoms with Gasteiger partial charge in [0.05, 0.1) is 6.67 Å². The molecule has 1 fully saturated rings. The normalized spacial score (nSPS) is 41.8. The number of carbonyl (C=O) groups is 1. The number of hydrogen-bond acceptors (Lipinski definition) is 6. The fraction of sp³-hybridized carbons (Fsp3) is 0.667. The van der Waals surface area contributed by atoms with E-state index in [-0.39, 0.29) is 12.6 Å². The lowest BCUT2D eigenvalue weighted by Gasteiger charge is -2.31. The number of aliphatic hydroxyl groups is 3. The van der Waals surface area contributed by atoms with Crippen molar-refractivity contribution in [2.45, 2.75) is 24.3 Å². The number of nitrogens with zero attached hydrogens (tertiary/aromatic N) is 1. The summed E-state index contributed by atoms with van der Waals surface area (Å²) in [4.78, 5) is 12.2. The molecule has 0 aromatic carbocycles. The van der Waals surface area contributed by atoms with Crippen molar-refractivity contribution in [3.05, 3.63) is 12.3 Å². The van der Waals surface area contributed by atoms with Gasteiger partial charge in [-0.05, 0) is 0 Å². The Labute approximate surface area is 96.1 Å². The molecule has 17 heavy (non-hydrogen) atoms. The zero-order chi connectivity index (χ0) is 12.6. The summed E-state index contributed by atoms with van der Waals surface area (Å²) in [7, 11) is 0. The minimum Gasteiger partial charge on any atom is -0.390 e. The summed E-state index contributed by atoms with van der Waals surface area (Å²) in [6.45, 7) is -1.04. The van der Waals surface area contributed by atoms with Crippen LogP contribution in [0.1, 0.15) is 0 Å². The van der Waals surface area contributed by atoms with Crippen molar-refractivity contribution < 1.29 is 29.2 Å². The van der Waals surface area contributed by atoms with Gasteiger partial charge in [-0.25, -0.2) is 4.39 Å². The van der Waals surface area contributed by atoms with Gasteiger partial charge in [0, 0.05) is 12.3 Å². The highest BCUT2D eigenvalue weighted by molar-refractivity contribution is 5.87. The molecule has 7 nitrogen and oxygen atoms in total. The molecule has 2 rings (SSSR count). The van der Waals surface area contributed by atoms with Gasteiger partial charge in [0.15, 0.2) is 6.23 Å². The number of ether oxygens (including phenoxy) is 1. The van der Waals surface area contributed by atoms with Crippen molar-refractivity contribution in [1.29, 1.82) is 0 Å². The predicted octanol–water partition coefficient (Wildman–Crippen LogP) is -2.37. The SMILES string of the molecule is O=C1C=CN([C@@H]2O[C@](F)(CO)[C@@H](O)[C@H]2O)CN1. The van der Waals surface area contributed by atoms with Crippen LogP contribution in [0.5, 0.6) is 0 Å². The third-order valence-corrected chi connectivity index (χ3v) is 2.77. The highest BCUT2D eigenvalue weighted by atomic mass is 19.2. The Morgan fingerprint density at radius 1 is 1.65 bits per heavy atom. The second kappa shape index (κ2) is 4.22.